The Bertz CT molecular complexity index is 2450. The zero-order chi connectivity index (χ0) is 30.0. The number of para-hydroxylation sites is 1. The molecule has 7 aromatic carbocycles. The molecule has 3 nitrogen and oxygen atoms in total. The van der Waals surface area contributed by atoms with Crippen LogP contribution in [0, 0.1) is 0 Å². The van der Waals surface area contributed by atoms with Gasteiger partial charge in [0.15, 0.2) is 7.14 Å². The van der Waals surface area contributed by atoms with Gasteiger partial charge in [-0.25, -0.2) is 4.98 Å². The minimum atomic E-state index is -3.31. The van der Waals surface area contributed by atoms with Crippen molar-refractivity contribution in [3.63, 3.8) is 0 Å². The maximum Gasteiger partial charge on any atom is 0.175 e. The van der Waals surface area contributed by atoms with Crippen LogP contribution in [-0.4, -0.2) is 9.55 Å². The van der Waals surface area contributed by atoms with Gasteiger partial charge < -0.3 is 4.57 Å². The summed E-state index contributed by atoms with van der Waals surface area (Å²) < 4.78 is 18.3. The summed E-state index contributed by atoms with van der Waals surface area (Å²) in [5.74, 6) is 0.850. The van der Waals surface area contributed by atoms with E-state index in [1.54, 1.807) is 0 Å². The van der Waals surface area contributed by atoms with Gasteiger partial charge >= 0.3 is 0 Å². The van der Waals surface area contributed by atoms with E-state index in [1.807, 2.05) is 72.8 Å². The molecule has 9 rings (SSSR count). The fourth-order valence-corrected chi connectivity index (χ4v) is 10.1. The maximum atomic E-state index is 16.0. The number of benzene rings is 7. The average Bonchev–Trinajstić information content (AvgIpc) is 3.51. The van der Waals surface area contributed by atoms with Crippen LogP contribution in [0.2, 0.25) is 0 Å². The van der Waals surface area contributed by atoms with Gasteiger partial charge in [0, 0.05) is 16.2 Å². The molecule has 1 aliphatic rings. The third-order valence-electron chi connectivity index (χ3n) is 8.98. The predicted molar refractivity (Wildman–Crippen MR) is 188 cm³/mol. The molecule has 0 aliphatic carbocycles. The molecule has 0 radical (unpaired) electrons. The van der Waals surface area contributed by atoms with Gasteiger partial charge in [0.25, 0.3) is 0 Å². The van der Waals surface area contributed by atoms with E-state index in [4.69, 9.17) is 4.98 Å². The summed E-state index contributed by atoms with van der Waals surface area (Å²) in [4.78, 5) is 5.13. The maximum absolute atomic E-state index is 16.0. The van der Waals surface area contributed by atoms with Gasteiger partial charge in [0.2, 0.25) is 0 Å². The fourth-order valence-electron chi connectivity index (χ4n) is 6.90. The van der Waals surface area contributed by atoms with E-state index in [0.717, 1.165) is 60.5 Å². The molecule has 2 heterocycles. The molecule has 1 aromatic heterocycles. The summed E-state index contributed by atoms with van der Waals surface area (Å²) >= 11 is 0. The average molecular weight is 595 g/mol. The van der Waals surface area contributed by atoms with Crippen LogP contribution in [0.15, 0.2) is 164 Å². The molecular formula is C41H27N2OP. The van der Waals surface area contributed by atoms with Crippen molar-refractivity contribution in [3.8, 4) is 39.3 Å². The Labute approximate surface area is 261 Å². The van der Waals surface area contributed by atoms with Crippen molar-refractivity contribution < 1.29 is 4.57 Å². The molecule has 1 unspecified atom stereocenters. The van der Waals surface area contributed by atoms with Gasteiger partial charge in [-0.05, 0) is 63.4 Å². The highest BCUT2D eigenvalue weighted by atomic mass is 31.2. The van der Waals surface area contributed by atoms with Gasteiger partial charge in [0.1, 0.15) is 5.82 Å². The molecule has 0 saturated heterocycles. The second-order valence-corrected chi connectivity index (χ2v) is 14.2. The lowest BCUT2D eigenvalue weighted by atomic mass is 9.97. The van der Waals surface area contributed by atoms with Gasteiger partial charge in [0.05, 0.1) is 22.0 Å². The molecule has 0 N–H and O–H groups in total. The van der Waals surface area contributed by atoms with E-state index in [0.29, 0.717) is 0 Å². The lowest BCUT2D eigenvalue weighted by Crippen LogP contribution is -2.34. The first-order chi connectivity index (χ1) is 22.2. The topological polar surface area (TPSA) is 34.9 Å². The minimum Gasteiger partial charge on any atom is -0.308 e. The molecule has 0 saturated carbocycles. The van der Waals surface area contributed by atoms with Crippen LogP contribution in [0.1, 0.15) is 0 Å². The van der Waals surface area contributed by atoms with Gasteiger partial charge in [-0.1, -0.05) is 133 Å². The van der Waals surface area contributed by atoms with Crippen molar-refractivity contribution in [2.75, 3.05) is 0 Å². The summed E-state index contributed by atoms with van der Waals surface area (Å²) in [7, 11) is -3.31. The number of imidazole rings is 1. The molecular weight excluding hydrogens is 567 g/mol. The second-order valence-electron chi connectivity index (χ2n) is 11.5. The van der Waals surface area contributed by atoms with E-state index >= 15 is 4.57 Å². The molecule has 4 heteroatoms. The van der Waals surface area contributed by atoms with Crippen LogP contribution >= 0.6 is 7.14 Å². The molecule has 0 bridgehead atoms. The largest absolute Gasteiger partial charge is 0.308 e. The van der Waals surface area contributed by atoms with Crippen LogP contribution in [0.5, 0.6) is 0 Å². The van der Waals surface area contributed by atoms with Gasteiger partial charge in [-0.2, -0.15) is 0 Å². The lowest BCUT2D eigenvalue weighted by molar-refractivity contribution is 0.592. The summed E-state index contributed by atoms with van der Waals surface area (Å²) in [6.07, 6.45) is 0. The first-order valence-corrected chi connectivity index (χ1v) is 16.9. The molecule has 0 fully saturated rings. The van der Waals surface area contributed by atoms with Gasteiger partial charge in [-0.3, -0.25) is 4.57 Å². The Kier molecular flexibility index (Phi) is 5.78. The number of fused-ring (bicyclic) bond motifs is 3. The second kappa shape index (κ2) is 10.0. The van der Waals surface area contributed by atoms with Crippen LogP contribution in [0.4, 0.5) is 0 Å². The Morgan fingerprint density at radius 2 is 1.13 bits per heavy atom. The zero-order valence-corrected chi connectivity index (χ0v) is 25.2. The van der Waals surface area contributed by atoms with E-state index < -0.39 is 7.14 Å². The molecule has 8 aromatic rings. The van der Waals surface area contributed by atoms with Gasteiger partial charge in [-0.15, -0.1) is 0 Å². The third-order valence-corrected chi connectivity index (χ3v) is 12.1. The Hall–Kier alpha value is -5.50. The quantitative estimate of drug-likeness (QED) is 0.191. The Balaban J connectivity index is 1.33. The highest BCUT2D eigenvalue weighted by Crippen LogP contribution is 2.52. The Morgan fingerprint density at radius 3 is 1.87 bits per heavy atom. The molecule has 1 aliphatic heterocycles. The van der Waals surface area contributed by atoms with Crippen molar-refractivity contribution in [2.24, 2.45) is 0 Å². The molecule has 0 amide bonds. The summed E-state index contributed by atoms with van der Waals surface area (Å²) in [6, 6.07) is 56.3. The molecule has 1 atom stereocenters. The third kappa shape index (κ3) is 3.91. The highest BCUT2D eigenvalue weighted by molar-refractivity contribution is 7.86. The van der Waals surface area contributed by atoms with E-state index in [9.17, 15) is 0 Å². The zero-order valence-electron chi connectivity index (χ0n) is 24.3. The normalized spacial score (nSPS) is 15.3. The SMILES string of the molecule is O=P1(c2ccccc2)c2c(-c3ccc4cc(-c5ccccc5)ccc4c3)cccc2-n2c(-c3ccccc3)nc3cccc1c32. The predicted octanol–water partition coefficient (Wildman–Crippen LogP) is 9.13. The van der Waals surface area contributed by atoms with Crippen molar-refractivity contribution in [1.29, 1.82) is 0 Å². The highest BCUT2D eigenvalue weighted by Gasteiger charge is 2.41. The summed E-state index contributed by atoms with van der Waals surface area (Å²) in [5, 5.41) is 4.82. The van der Waals surface area contributed by atoms with E-state index in [2.05, 4.69) is 95.6 Å². The summed E-state index contributed by atoms with van der Waals surface area (Å²) in [6.45, 7) is 0. The number of hydrogen-bond donors (Lipinski definition) is 0. The van der Waals surface area contributed by atoms with Crippen molar-refractivity contribution in [1.82, 2.24) is 9.55 Å². The number of nitrogens with zero attached hydrogens (tertiary/aromatic N) is 2. The number of aromatic nitrogens is 2. The van der Waals surface area contributed by atoms with Crippen LogP contribution in [-0.2, 0) is 4.57 Å². The molecule has 212 valence electrons. The fraction of sp³-hybridized carbons (Fsp3) is 0. The first kappa shape index (κ1) is 25.9. The lowest BCUT2D eigenvalue weighted by Gasteiger charge is -2.31. The standard InChI is InChI=1S/C41H27N2OP/c44-45(34-16-8-3-9-17-34)38-21-11-19-36-39(38)43(41(42-36)29-14-6-2-7-15-29)37-20-10-18-35(40(37)45)33-25-24-31-26-30(22-23-32(31)27-33)28-12-4-1-5-13-28/h1-27H. The smallest absolute Gasteiger partial charge is 0.175 e. The first-order valence-electron chi connectivity index (χ1n) is 15.2. The van der Waals surface area contributed by atoms with E-state index in [1.165, 1.54) is 16.5 Å². The van der Waals surface area contributed by atoms with E-state index in [-0.39, 0.29) is 0 Å². The van der Waals surface area contributed by atoms with Crippen LogP contribution in [0.25, 0.3) is 61.1 Å². The number of rotatable bonds is 4. The summed E-state index contributed by atoms with van der Waals surface area (Å²) in [5.41, 5.74) is 8.11. The van der Waals surface area contributed by atoms with Crippen molar-refractivity contribution in [2.45, 2.75) is 0 Å². The minimum absolute atomic E-state index is 0.827. The van der Waals surface area contributed by atoms with Crippen molar-refractivity contribution >= 4 is 44.9 Å². The number of hydrogen-bond acceptors (Lipinski definition) is 2. The molecule has 0 spiro atoms. The van der Waals surface area contributed by atoms with Crippen LogP contribution < -0.4 is 15.9 Å². The van der Waals surface area contributed by atoms with Crippen LogP contribution in [0.3, 0.4) is 0 Å². The Morgan fingerprint density at radius 1 is 0.511 bits per heavy atom. The molecule has 45 heavy (non-hydrogen) atoms. The monoisotopic (exact) mass is 594 g/mol. The van der Waals surface area contributed by atoms with Crippen molar-refractivity contribution in [3.05, 3.63) is 164 Å².